The van der Waals surface area contributed by atoms with E-state index in [1.165, 1.54) is 18.3 Å². The van der Waals surface area contributed by atoms with Gasteiger partial charge in [0.1, 0.15) is 0 Å². The van der Waals surface area contributed by atoms with E-state index in [4.69, 9.17) is 0 Å². The average molecular weight is 154 g/mol. The lowest BCUT2D eigenvalue weighted by molar-refractivity contribution is -0.119. The Labute approximate surface area is 63.9 Å². The van der Waals surface area contributed by atoms with E-state index in [0.717, 1.165) is 4.88 Å². The van der Waals surface area contributed by atoms with E-state index in [0.29, 0.717) is 6.54 Å². The highest BCUT2D eigenvalue weighted by Gasteiger charge is 1.93. The van der Waals surface area contributed by atoms with Crippen molar-refractivity contribution in [2.24, 2.45) is 0 Å². The molecule has 0 bridgehead atoms. The predicted octanol–water partition coefficient (Wildman–Crippen LogP) is 1.18. The van der Waals surface area contributed by atoms with Crippen molar-refractivity contribution in [3.8, 4) is 0 Å². The highest BCUT2D eigenvalue weighted by atomic mass is 32.1. The van der Waals surface area contributed by atoms with Gasteiger partial charge in [0, 0.05) is 17.2 Å². The third kappa shape index (κ3) is 2.19. The molecule has 2 nitrogen and oxygen atoms in total. The third-order valence-electron chi connectivity index (χ3n) is 1.04. The Balaban J connectivity index is 2.35. The quantitative estimate of drug-likeness (QED) is 0.681. The van der Waals surface area contributed by atoms with E-state index in [9.17, 15) is 4.79 Å². The Morgan fingerprint density at radius 1 is 1.90 bits per heavy atom. The topological polar surface area (TPSA) is 29.1 Å². The first kappa shape index (κ1) is 7.28. The van der Waals surface area contributed by atoms with E-state index in [1.807, 2.05) is 12.1 Å². The maximum atomic E-state index is 10.4. The summed E-state index contributed by atoms with van der Waals surface area (Å²) in [4.78, 5) is 11.6. The first-order valence-electron chi connectivity index (χ1n) is 2.98. The number of carbonyl (C=O) groups excluding carboxylic acids is 1. The molecule has 0 aromatic carbocycles. The van der Waals surface area contributed by atoms with Crippen LogP contribution in [0.1, 0.15) is 11.8 Å². The zero-order valence-corrected chi connectivity index (χ0v) is 6.49. The summed E-state index contributed by atoms with van der Waals surface area (Å²) >= 11 is 1.53. The van der Waals surface area contributed by atoms with Crippen molar-refractivity contribution in [2.45, 2.75) is 13.5 Å². The van der Waals surface area contributed by atoms with Crippen molar-refractivity contribution in [2.75, 3.05) is 0 Å². The fourth-order valence-corrected chi connectivity index (χ4v) is 1.15. The van der Waals surface area contributed by atoms with Crippen molar-refractivity contribution in [3.05, 3.63) is 22.4 Å². The second-order valence-electron chi connectivity index (χ2n) is 1.93. The molecule has 10 heavy (non-hydrogen) atoms. The minimum atomic E-state index is 0.00778. The van der Waals surface area contributed by atoms with Gasteiger partial charge in [0.15, 0.2) is 0 Å². The SMILES string of the molecule is CC(=O)NCc1cc[c]s1. The molecular formula is C7H8NOS. The van der Waals surface area contributed by atoms with E-state index >= 15 is 0 Å². The maximum Gasteiger partial charge on any atom is 0.217 e. The fraction of sp³-hybridized carbons (Fsp3) is 0.286. The highest BCUT2D eigenvalue weighted by molar-refractivity contribution is 7.09. The number of nitrogens with one attached hydrogen (secondary N) is 1. The summed E-state index contributed by atoms with van der Waals surface area (Å²) in [5, 5.41) is 5.64. The van der Waals surface area contributed by atoms with Gasteiger partial charge in [-0.1, -0.05) is 0 Å². The van der Waals surface area contributed by atoms with Gasteiger partial charge in [-0.05, 0) is 12.1 Å². The van der Waals surface area contributed by atoms with E-state index in [2.05, 4.69) is 10.7 Å². The van der Waals surface area contributed by atoms with E-state index in [1.54, 1.807) is 0 Å². The fourth-order valence-electron chi connectivity index (χ4n) is 0.577. The van der Waals surface area contributed by atoms with Crippen molar-refractivity contribution >= 4 is 17.2 Å². The van der Waals surface area contributed by atoms with Crippen LogP contribution < -0.4 is 5.32 Å². The Kier molecular flexibility index (Phi) is 2.45. The number of hydrogen-bond acceptors (Lipinski definition) is 2. The van der Waals surface area contributed by atoms with Crippen LogP contribution in [0.3, 0.4) is 0 Å². The predicted molar refractivity (Wildman–Crippen MR) is 40.7 cm³/mol. The van der Waals surface area contributed by atoms with Crippen molar-refractivity contribution in [3.63, 3.8) is 0 Å². The lowest BCUT2D eigenvalue weighted by Gasteiger charge is -1.95. The number of carbonyl (C=O) groups is 1. The Morgan fingerprint density at radius 2 is 2.70 bits per heavy atom. The molecule has 1 amide bonds. The minimum Gasteiger partial charge on any atom is -0.351 e. The summed E-state index contributed by atoms with van der Waals surface area (Å²) in [6.45, 7) is 2.14. The van der Waals surface area contributed by atoms with Crippen LogP contribution in [0, 0.1) is 5.38 Å². The van der Waals surface area contributed by atoms with Gasteiger partial charge in [0.2, 0.25) is 5.91 Å². The first-order chi connectivity index (χ1) is 4.79. The first-order valence-corrected chi connectivity index (χ1v) is 3.80. The van der Waals surface area contributed by atoms with E-state index < -0.39 is 0 Å². The molecule has 1 N–H and O–H groups in total. The van der Waals surface area contributed by atoms with Gasteiger partial charge in [-0.3, -0.25) is 4.79 Å². The smallest absolute Gasteiger partial charge is 0.217 e. The molecule has 1 heterocycles. The van der Waals surface area contributed by atoms with Crippen LogP contribution in [0.25, 0.3) is 0 Å². The molecule has 0 unspecified atom stereocenters. The summed E-state index contributed by atoms with van der Waals surface area (Å²) in [6, 6.07) is 3.79. The van der Waals surface area contributed by atoms with Crippen molar-refractivity contribution in [1.82, 2.24) is 5.32 Å². The summed E-state index contributed by atoms with van der Waals surface area (Å²) in [5.41, 5.74) is 0. The van der Waals surface area contributed by atoms with Gasteiger partial charge in [-0.2, -0.15) is 0 Å². The minimum absolute atomic E-state index is 0.00778. The molecule has 3 heteroatoms. The molecule has 1 radical (unpaired) electrons. The monoisotopic (exact) mass is 154 g/mol. The highest BCUT2D eigenvalue weighted by Crippen LogP contribution is 2.05. The van der Waals surface area contributed by atoms with Crippen molar-refractivity contribution < 1.29 is 4.79 Å². The molecule has 0 fully saturated rings. The van der Waals surface area contributed by atoms with Crippen LogP contribution in [0.15, 0.2) is 12.1 Å². The molecule has 1 aromatic heterocycles. The lowest BCUT2D eigenvalue weighted by Crippen LogP contribution is -2.17. The molecule has 0 aliphatic carbocycles. The molecule has 0 aliphatic rings. The van der Waals surface area contributed by atoms with Gasteiger partial charge in [0.25, 0.3) is 0 Å². The van der Waals surface area contributed by atoms with Crippen LogP contribution in [0.5, 0.6) is 0 Å². The van der Waals surface area contributed by atoms with Crippen LogP contribution in [0.4, 0.5) is 0 Å². The summed E-state index contributed by atoms with van der Waals surface area (Å²) < 4.78 is 0. The summed E-state index contributed by atoms with van der Waals surface area (Å²) in [5.74, 6) is 0.00778. The number of thiophene rings is 1. The molecule has 0 saturated carbocycles. The van der Waals surface area contributed by atoms with Crippen molar-refractivity contribution in [1.29, 1.82) is 0 Å². The van der Waals surface area contributed by atoms with Gasteiger partial charge >= 0.3 is 0 Å². The normalized spacial score (nSPS) is 9.30. The average Bonchev–Trinajstić information content (AvgIpc) is 2.34. The number of amides is 1. The van der Waals surface area contributed by atoms with Gasteiger partial charge in [-0.15, -0.1) is 11.3 Å². The molecular weight excluding hydrogens is 146 g/mol. The van der Waals surface area contributed by atoms with Crippen LogP contribution in [0.2, 0.25) is 0 Å². The molecule has 0 atom stereocenters. The number of hydrogen-bond donors (Lipinski definition) is 1. The Bertz CT molecular complexity index is 205. The summed E-state index contributed by atoms with van der Waals surface area (Å²) in [6.07, 6.45) is 0. The second kappa shape index (κ2) is 3.37. The number of rotatable bonds is 2. The molecule has 1 aromatic rings. The molecule has 53 valence electrons. The molecule has 0 spiro atoms. The second-order valence-corrected chi connectivity index (χ2v) is 2.89. The largest absolute Gasteiger partial charge is 0.351 e. The lowest BCUT2D eigenvalue weighted by atomic mass is 10.4. The van der Waals surface area contributed by atoms with Gasteiger partial charge in [0.05, 0.1) is 6.54 Å². The Hall–Kier alpha value is -0.830. The Morgan fingerprint density at radius 3 is 3.20 bits per heavy atom. The van der Waals surface area contributed by atoms with E-state index in [-0.39, 0.29) is 5.91 Å². The maximum absolute atomic E-state index is 10.4. The summed E-state index contributed by atoms with van der Waals surface area (Å²) in [7, 11) is 0. The third-order valence-corrected chi connectivity index (χ3v) is 1.84. The van der Waals surface area contributed by atoms with Gasteiger partial charge < -0.3 is 5.32 Å². The van der Waals surface area contributed by atoms with Crippen LogP contribution in [-0.2, 0) is 11.3 Å². The van der Waals surface area contributed by atoms with Crippen LogP contribution >= 0.6 is 11.3 Å². The standard InChI is InChI=1S/C7H8NOS/c1-6(9)8-5-7-3-2-4-10-7/h2-3H,5H2,1H3,(H,8,9). The molecule has 1 rings (SSSR count). The van der Waals surface area contributed by atoms with Gasteiger partial charge in [-0.25, -0.2) is 0 Å². The molecule has 0 aliphatic heterocycles. The zero-order valence-electron chi connectivity index (χ0n) is 5.68. The molecule has 0 saturated heterocycles. The zero-order chi connectivity index (χ0) is 7.40. The van der Waals surface area contributed by atoms with Crippen LogP contribution in [-0.4, -0.2) is 5.91 Å².